The van der Waals surface area contributed by atoms with Crippen LogP contribution >= 0.6 is 21.6 Å². The Bertz CT molecular complexity index is 96.8. The van der Waals surface area contributed by atoms with Crippen LogP contribution in [0.4, 0.5) is 0 Å². The number of nitrogens with zero attached hydrogens (tertiary/aromatic N) is 1. The number of rotatable bonds is 4. The van der Waals surface area contributed by atoms with Crippen LogP contribution in [0.1, 0.15) is 20.8 Å². The molecule has 0 unspecified atom stereocenters. The summed E-state index contributed by atoms with van der Waals surface area (Å²) >= 11 is 0. The van der Waals surface area contributed by atoms with Gasteiger partial charge in [0.15, 0.2) is 0 Å². The second kappa shape index (κ2) is 5.33. The third-order valence-electron chi connectivity index (χ3n) is 0.931. The van der Waals surface area contributed by atoms with E-state index in [0.29, 0.717) is 4.75 Å². The summed E-state index contributed by atoms with van der Waals surface area (Å²) in [4.78, 5) is 2.22. The van der Waals surface area contributed by atoms with Crippen LogP contribution < -0.4 is 0 Å². The first-order valence-corrected chi connectivity index (χ1v) is 6.19. The predicted octanol–water partition coefficient (Wildman–Crippen LogP) is 2.73. The zero-order valence-corrected chi connectivity index (χ0v) is 9.81. The van der Waals surface area contributed by atoms with Crippen molar-refractivity contribution >= 4 is 21.6 Å². The predicted molar refractivity (Wildman–Crippen MR) is 58.4 cm³/mol. The van der Waals surface area contributed by atoms with Gasteiger partial charge in [0.1, 0.15) is 0 Å². The van der Waals surface area contributed by atoms with Gasteiger partial charge in [0.05, 0.1) is 0 Å². The van der Waals surface area contributed by atoms with Gasteiger partial charge in [-0.15, -0.1) is 0 Å². The van der Waals surface area contributed by atoms with E-state index in [9.17, 15) is 0 Å². The molecule has 0 saturated heterocycles. The second-order valence-electron chi connectivity index (χ2n) is 3.82. The lowest BCUT2D eigenvalue weighted by Gasteiger charge is -2.17. The van der Waals surface area contributed by atoms with Crippen molar-refractivity contribution in [2.45, 2.75) is 25.5 Å². The van der Waals surface area contributed by atoms with E-state index in [1.54, 1.807) is 0 Å². The van der Waals surface area contributed by atoms with Crippen molar-refractivity contribution in [1.29, 1.82) is 0 Å². The number of hydrogen-bond donors (Lipinski definition) is 0. The largest absolute Gasteiger partial charge is 0.309 e. The SMILES string of the molecule is CN(C)CCSSC(C)(C)C. The van der Waals surface area contributed by atoms with Crippen LogP contribution in [-0.4, -0.2) is 36.0 Å². The molecule has 1 nitrogen and oxygen atoms in total. The molecule has 0 radical (unpaired) electrons. The molecule has 0 amide bonds. The van der Waals surface area contributed by atoms with Gasteiger partial charge in [-0.05, 0) is 14.1 Å². The van der Waals surface area contributed by atoms with Crippen LogP contribution in [0.5, 0.6) is 0 Å². The first-order valence-electron chi connectivity index (χ1n) is 3.87. The zero-order chi connectivity index (χ0) is 8.91. The van der Waals surface area contributed by atoms with Crippen molar-refractivity contribution in [1.82, 2.24) is 4.90 Å². The third-order valence-corrected chi connectivity index (χ3v) is 4.25. The van der Waals surface area contributed by atoms with Gasteiger partial charge < -0.3 is 4.90 Å². The Kier molecular flexibility index (Phi) is 5.65. The van der Waals surface area contributed by atoms with Crippen LogP contribution in [0.3, 0.4) is 0 Å². The van der Waals surface area contributed by atoms with E-state index < -0.39 is 0 Å². The van der Waals surface area contributed by atoms with Gasteiger partial charge in [0.2, 0.25) is 0 Å². The molecule has 0 N–H and O–H groups in total. The van der Waals surface area contributed by atoms with E-state index >= 15 is 0 Å². The second-order valence-corrected chi connectivity index (χ2v) is 7.06. The Hall–Kier alpha value is 0.660. The lowest BCUT2D eigenvalue weighted by Crippen LogP contribution is -2.15. The van der Waals surface area contributed by atoms with Crippen LogP contribution in [0, 0.1) is 0 Å². The zero-order valence-electron chi connectivity index (χ0n) is 8.18. The van der Waals surface area contributed by atoms with Gasteiger partial charge in [-0.1, -0.05) is 42.4 Å². The summed E-state index contributed by atoms with van der Waals surface area (Å²) in [7, 11) is 8.16. The Labute approximate surface area is 78.7 Å². The fourth-order valence-corrected chi connectivity index (χ4v) is 2.85. The average molecular weight is 193 g/mol. The minimum atomic E-state index is 0.400. The summed E-state index contributed by atoms with van der Waals surface area (Å²) in [6.07, 6.45) is 0. The molecule has 0 heterocycles. The molecule has 0 fully saturated rings. The molecule has 11 heavy (non-hydrogen) atoms. The first kappa shape index (κ1) is 11.7. The Morgan fingerprint density at radius 3 is 2.09 bits per heavy atom. The molecule has 0 rings (SSSR count). The molecule has 0 bridgehead atoms. The van der Waals surface area contributed by atoms with Gasteiger partial charge >= 0.3 is 0 Å². The fourth-order valence-electron chi connectivity index (χ4n) is 0.438. The minimum Gasteiger partial charge on any atom is -0.309 e. The van der Waals surface area contributed by atoms with Crippen molar-refractivity contribution in [3.8, 4) is 0 Å². The van der Waals surface area contributed by atoms with Crippen LogP contribution in [0.2, 0.25) is 0 Å². The quantitative estimate of drug-likeness (QED) is 0.499. The lowest BCUT2D eigenvalue weighted by molar-refractivity contribution is 0.438. The Morgan fingerprint density at radius 2 is 1.73 bits per heavy atom. The van der Waals surface area contributed by atoms with Crippen LogP contribution in [0.25, 0.3) is 0 Å². The van der Waals surface area contributed by atoms with E-state index in [4.69, 9.17) is 0 Å². The van der Waals surface area contributed by atoms with Crippen LogP contribution in [-0.2, 0) is 0 Å². The molecule has 68 valence electrons. The molecule has 0 aliphatic heterocycles. The fraction of sp³-hybridized carbons (Fsp3) is 1.00. The molecule has 0 aliphatic carbocycles. The lowest BCUT2D eigenvalue weighted by atomic mass is 10.3. The Morgan fingerprint density at radius 1 is 1.18 bits per heavy atom. The maximum Gasteiger partial charge on any atom is 0.0179 e. The molecule has 3 heteroatoms. The van der Waals surface area contributed by atoms with E-state index in [2.05, 4.69) is 39.8 Å². The van der Waals surface area contributed by atoms with E-state index in [-0.39, 0.29) is 0 Å². The summed E-state index contributed by atoms with van der Waals surface area (Å²) < 4.78 is 0.400. The van der Waals surface area contributed by atoms with E-state index in [1.807, 2.05) is 21.6 Å². The minimum absolute atomic E-state index is 0.400. The van der Waals surface area contributed by atoms with E-state index in [0.717, 1.165) is 0 Å². The average Bonchev–Trinajstić information content (AvgIpc) is 1.78. The van der Waals surface area contributed by atoms with Crippen molar-refractivity contribution < 1.29 is 0 Å². The molecule has 0 saturated carbocycles. The smallest absolute Gasteiger partial charge is 0.0179 e. The summed E-state index contributed by atoms with van der Waals surface area (Å²) in [5, 5.41) is 0. The normalized spacial score (nSPS) is 12.5. The van der Waals surface area contributed by atoms with Crippen molar-refractivity contribution in [3.63, 3.8) is 0 Å². The molecular weight excluding hydrogens is 174 g/mol. The summed E-state index contributed by atoms with van der Waals surface area (Å²) in [6.45, 7) is 7.93. The van der Waals surface area contributed by atoms with Gasteiger partial charge in [0, 0.05) is 17.0 Å². The molecule has 0 aliphatic rings. The summed E-state index contributed by atoms with van der Waals surface area (Å²) in [6, 6.07) is 0. The Balaban J connectivity index is 3.15. The highest BCUT2D eigenvalue weighted by atomic mass is 33.1. The molecular formula is C8H19NS2. The summed E-state index contributed by atoms with van der Waals surface area (Å²) in [5.74, 6) is 1.22. The molecule has 0 spiro atoms. The molecule has 0 aromatic rings. The van der Waals surface area contributed by atoms with Crippen molar-refractivity contribution in [2.75, 3.05) is 26.4 Å². The van der Waals surface area contributed by atoms with Crippen LogP contribution in [0.15, 0.2) is 0 Å². The number of hydrogen-bond acceptors (Lipinski definition) is 3. The first-order chi connectivity index (χ1) is 4.92. The highest BCUT2D eigenvalue weighted by Gasteiger charge is 2.10. The van der Waals surface area contributed by atoms with Crippen molar-refractivity contribution in [3.05, 3.63) is 0 Å². The molecule has 0 atom stereocenters. The topological polar surface area (TPSA) is 3.24 Å². The third kappa shape index (κ3) is 10.7. The highest BCUT2D eigenvalue weighted by Crippen LogP contribution is 2.34. The van der Waals surface area contributed by atoms with Gasteiger partial charge in [-0.3, -0.25) is 0 Å². The van der Waals surface area contributed by atoms with Crippen molar-refractivity contribution in [2.24, 2.45) is 0 Å². The molecule has 0 aromatic heterocycles. The standard InChI is InChI=1S/C8H19NS2/c1-8(2,3)11-10-7-6-9(4)5/h6-7H2,1-5H3. The maximum atomic E-state index is 2.25. The summed E-state index contributed by atoms with van der Waals surface area (Å²) in [5.41, 5.74) is 0. The van der Waals surface area contributed by atoms with Gasteiger partial charge in [0.25, 0.3) is 0 Å². The molecule has 0 aromatic carbocycles. The highest BCUT2D eigenvalue weighted by molar-refractivity contribution is 8.77. The maximum absolute atomic E-state index is 2.25. The van der Waals surface area contributed by atoms with E-state index in [1.165, 1.54) is 12.3 Å². The van der Waals surface area contributed by atoms with Gasteiger partial charge in [-0.25, -0.2) is 0 Å². The van der Waals surface area contributed by atoms with Gasteiger partial charge in [-0.2, -0.15) is 0 Å². The monoisotopic (exact) mass is 193 g/mol.